The van der Waals surface area contributed by atoms with Crippen LogP contribution in [0.2, 0.25) is 0 Å². The highest BCUT2D eigenvalue weighted by Crippen LogP contribution is 2.30. The second-order valence-corrected chi connectivity index (χ2v) is 10.1. The van der Waals surface area contributed by atoms with Crippen LogP contribution in [0.5, 0.6) is 0 Å². The monoisotopic (exact) mass is 479 g/mol. The van der Waals surface area contributed by atoms with E-state index < -0.39 is 6.10 Å². The van der Waals surface area contributed by atoms with Gasteiger partial charge in [0, 0.05) is 44.6 Å². The van der Waals surface area contributed by atoms with Crippen molar-refractivity contribution in [2.24, 2.45) is 0 Å². The molecule has 1 aromatic heterocycles. The molecule has 0 radical (unpaired) electrons. The Morgan fingerprint density at radius 2 is 1.86 bits per heavy atom. The number of aliphatic hydroxyl groups excluding tert-OH is 1. The number of benzene rings is 1. The Kier molecular flexibility index (Phi) is 8.09. The van der Waals surface area contributed by atoms with E-state index >= 15 is 0 Å². The van der Waals surface area contributed by atoms with Crippen LogP contribution in [0.1, 0.15) is 44.1 Å². The smallest absolute Gasteiger partial charge is 0.225 e. The number of β-amino-alcohol motifs (C(OH)–C–C–N with tert-alkyl or cyclic N) is 1. The molecule has 35 heavy (non-hydrogen) atoms. The van der Waals surface area contributed by atoms with Gasteiger partial charge in [0.05, 0.1) is 37.9 Å². The molecule has 0 unspecified atom stereocenters. The number of piperidine rings is 1. The second-order valence-electron chi connectivity index (χ2n) is 10.1. The third-order valence-corrected chi connectivity index (χ3v) is 7.52. The molecule has 0 aliphatic carbocycles. The molecule has 0 bridgehead atoms. The number of hydrogen-bond donors (Lipinski definition) is 1. The highest BCUT2D eigenvalue weighted by molar-refractivity contribution is 5.76. The molecule has 7 nitrogen and oxygen atoms in total. The number of ether oxygens (including phenoxy) is 2. The van der Waals surface area contributed by atoms with Gasteiger partial charge >= 0.3 is 0 Å². The lowest BCUT2D eigenvalue weighted by Crippen LogP contribution is -2.55. The van der Waals surface area contributed by atoms with Gasteiger partial charge in [-0.2, -0.15) is 0 Å². The van der Waals surface area contributed by atoms with Crippen molar-refractivity contribution in [1.82, 2.24) is 14.8 Å². The molecule has 4 atom stereocenters. The minimum Gasteiger partial charge on any atom is -0.389 e. The van der Waals surface area contributed by atoms with Gasteiger partial charge in [-0.1, -0.05) is 18.2 Å². The third-order valence-electron chi connectivity index (χ3n) is 7.52. The molecule has 3 aliphatic heterocycles. The van der Waals surface area contributed by atoms with E-state index in [0.29, 0.717) is 26.2 Å². The summed E-state index contributed by atoms with van der Waals surface area (Å²) in [5.74, 6) is 0.222. The lowest BCUT2D eigenvalue weighted by Gasteiger charge is -2.44. The van der Waals surface area contributed by atoms with E-state index in [1.165, 1.54) is 12.0 Å². The molecule has 3 aliphatic rings. The van der Waals surface area contributed by atoms with E-state index in [9.17, 15) is 9.90 Å². The molecule has 1 amide bonds. The van der Waals surface area contributed by atoms with Gasteiger partial charge in [-0.25, -0.2) is 0 Å². The normalized spacial score (nSPS) is 28.1. The Morgan fingerprint density at radius 1 is 1.03 bits per heavy atom. The van der Waals surface area contributed by atoms with Gasteiger partial charge < -0.3 is 19.5 Å². The predicted octanol–water partition coefficient (Wildman–Crippen LogP) is 3.26. The van der Waals surface area contributed by atoms with E-state index in [1.54, 1.807) is 0 Å². The van der Waals surface area contributed by atoms with Crippen molar-refractivity contribution < 1.29 is 19.4 Å². The number of carbonyl (C=O) groups excluding carboxylic acids is 1. The summed E-state index contributed by atoms with van der Waals surface area (Å²) >= 11 is 0. The Hall–Kier alpha value is -2.32. The van der Waals surface area contributed by atoms with Crippen LogP contribution >= 0.6 is 0 Å². The molecule has 2 aromatic rings. The SMILES string of the molecule is O=C(C[C@H]1CC[C@@H]2[C@H](COC[C@H](O)CN2Cc2cccc(-c3ccncc3)c2)O1)N1CCCCC1. The maximum atomic E-state index is 12.8. The number of fused-ring (bicyclic) bond motifs is 1. The molecule has 5 rings (SSSR count). The fourth-order valence-corrected chi connectivity index (χ4v) is 5.72. The number of hydrogen-bond acceptors (Lipinski definition) is 6. The minimum absolute atomic E-state index is 0.0597. The molecule has 3 fully saturated rings. The molecular formula is C28H37N3O4. The summed E-state index contributed by atoms with van der Waals surface area (Å²) in [6.45, 7) is 3.79. The Labute approximate surface area is 208 Å². The average molecular weight is 480 g/mol. The summed E-state index contributed by atoms with van der Waals surface area (Å²) in [6.07, 6.45) is 8.61. The van der Waals surface area contributed by atoms with Gasteiger partial charge in [-0.05, 0) is 67.0 Å². The van der Waals surface area contributed by atoms with Gasteiger partial charge in [-0.15, -0.1) is 0 Å². The zero-order valence-corrected chi connectivity index (χ0v) is 20.4. The standard InChI is InChI=1S/C28H37N3O4/c32-24-18-31(17-21-5-4-6-23(15-21)22-9-11-29-12-10-22)26-8-7-25(35-27(26)20-34-19-24)16-28(33)30-13-2-1-3-14-30/h4-6,9-12,15,24-27,32H,1-3,7-8,13-14,16-20H2/t24-,25-,26-,27+/m1/s1. The van der Waals surface area contributed by atoms with Crippen LogP contribution in [0.3, 0.4) is 0 Å². The number of pyridine rings is 1. The third kappa shape index (κ3) is 6.28. The van der Waals surface area contributed by atoms with Gasteiger partial charge in [0.15, 0.2) is 0 Å². The quantitative estimate of drug-likeness (QED) is 0.710. The summed E-state index contributed by atoms with van der Waals surface area (Å²) in [7, 11) is 0. The predicted molar refractivity (Wildman–Crippen MR) is 134 cm³/mol. The fourth-order valence-electron chi connectivity index (χ4n) is 5.72. The average Bonchev–Trinajstić information content (AvgIpc) is 2.89. The summed E-state index contributed by atoms with van der Waals surface area (Å²) in [6, 6.07) is 12.8. The van der Waals surface area contributed by atoms with E-state index in [1.807, 2.05) is 29.4 Å². The van der Waals surface area contributed by atoms with Crippen LogP contribution in [0.25, 0.3) is 11.1 Å². The number of nitrogens with zero attached hydrogens (tertiary/aromatic N) is 3. The summed E-state index contributed by atoms with van der Waals surface area (Å²) in [5.41, 5.74) is 3.51. The van der Waals surface area contributed by atoms with Gasteiger partial charge in [0.25, 0.3) is 0 Å². The summed E-state index contributed by atoms with van der Waals surface area (Å²) in [5, 5.41) is 10.5. The number of amides is 1. The summed E-state index contributed by atoms with van der Waals surface area (Å²) in [4.78, 5) is 21.3. The van der Waals surface area contributed by atoms with Gasteiger partial charge in [0.1, 0.15) is 0 Å². The molecule has 3 saturated heterocycles. The molecule has 1 aromatic carbocycles. The molecular weight excluding hydrogens is 442 g/mol. The zero-order chi connectivity index (χ0) is 24.0. The Balaban J connectivity index is 1.26. The van der Waals surface area contributed by atoms with Crippen LogP contribution in [0.4, 0.5) is 0 Å². The number of likely N-dealkylation sites (tertiary alicyclic amines) is 1. The van der Waals surface area contributed by atoms with Crippen LogP contribution in [0, 0.1) is 0 Å². The first-order valence-electron chi connectivity index (χ1n) is 13.1. The highest BCUT2D eigenvalue weighted by atomic mass is 16.5. The van der Waals surface area contributed by atoms with E-state index in [0.717, 1.165) is 56.4 Å². The van der Waals surface area contributed by atoms with Crippen molar-refractivity contribution in [2.45, 2.75) is 69.4 Å². The first-order chi connectivity index (χ1) is 17.2. The van der Waals surface area contributed by atoms with Crippen molar-refractivity contribution in [3.8, 4) is 11.1 Å². The maximum absolute atomic E-state index is 12.8. The van der Waals surface area contributed by atoms with Crippen molar-refractivity contribution in [1.29, 1.82) is 0 Å². The fraction of sp³-hybridized carbons (Fsp3) is 0.571. The molecule has 7 heteroatoms. The first kappa shape index (κ1) is 24.4. The maximum Gasteiger partial charge on any atom is 0.225 e. The molecule has 188 valence electrons. The van der Waals surface area contributed by atoms with Crippen molar-refractivity contribution in [3.63, 3.8) is 0 Å². The molecule has 1 N–H and O–H groups in total. The number of carbonyl (C=O) groups is 1. The van der Waals surface area contributed by atoms with Gasteiger partial charge in [-0.3, -0.25) is 14.7 Å². The van der Waals surface area contributed by atoms with Crippen LogP contribution in [-0.4, -0.2) is 83.0 Å². The lowest BCUT2D eigenvalue weighted by atomic mass is 9.93. The second kappa shape index (κ2) is 11.6. The largest absolute Gasteiger partial charge is 0.389 e. The number of aromatic nitrogens is 1. The molecule has 0 saturated carbocycles. The van der Waals surface area contributed by atoms with Crippen molar-refractivity contribution in [3.05, 3.63) is 54.4 Å². The number of rotatable bonds is 5. The van der Waals surface area contributed by atoms with Crippen molar-refractivity contribution >= 4 is 5.91 Å². The van der Waals surface area contributed by atoms with Crippen LogP contribution in [0.15, 0.2) is 48.8 Å². The zero-order valence-electron chi connectivity index (χ0n) is 20.4. The Morgan fingerprint density at radius 3 is 2.69 bits per heavy atom. The van der Waals surface area contributed by atoms with E-state index in [2.05, 4.69) is 34.1 Å². The van der Waals surface area contributed by atoms with Crippen LogP contribution in [-0.2, 0) is 20.8 Å². The topological polar surface area (TPSA) is 75.1 Å². The molecule has 4 heterocycles. The van der Waals surface area contributed by atoms with Gasteiger partial charge in [0.2, 0.25) is 5.91 Å². The minimum atomic E-state index is -0.530. The molecule has 0 spiro atoms. The summed E-state index contributed by atoms with van der Waals surface area (Å²) < 4.78 is 12.3. The number of aliphatic hydroxyl groups is 1. The highest BCUT2D eigenvalue weighted by Gasteiger charge is 2.38. The van der Waals surface area contributed by atoms with Crippen molar-refractivity contribution in [2.75, 3.05) is 32.8 Å². The first-order valence-corrected chi connectivity index (χ1v) is 13.1. The van der Waals surface area contributed by atoms with E-state index in [-0.39, 0.29) is 24.2 Å². The van der Waals surface area contributed by atoms with Crippen LogP contribution < -0.4 is 0 Å². The Bertz CT molecular complexity index is 966. The van der Waals surface area contributed by atoms with E-state index in [4.69, 9.17) is 9.47 Å². The lowest BCUT2D eigenvalue weighted by molar-refractivity contribution is -0.161.